The first-order valence-corrected chi connectivity index (χ1v) is 7.86. The average molecular weight is 272 g/mol. The monoisotopic (exact) mass is 272 g/mol. The van der Waals surface area contributed by atoms with Crippen molar-refractivity contribution in [1.82, 2.24) is 0 Å². The number of fused-ring (bicyclic) bond motifs is 1. The first-order chi connectivity index (χ1) is 9.69. The normalized spacial score (nSPS) is 20.6. The van der Waals surface area contributed by atoms with Crippen LogP contribution in [-0.4, -0.2) is 12.5 Å². The zero-order valence-electron chi connectivity index (χ0n) is 12.3. The number of hydrogen-bond donors (Lipinski definition) is 2. The second-order valence-corrected chi connectivity index (χ2v) is 6.44. The quantitative estimate of drug-likeness (QED) is 0.855. The van der Waals surface area contributed by atoms with Gasteiger partial charge in [0.05, 0.1) is 0 Å². The van der Waals surface area contributed by atoms with E-state index in [1.807, 2.05) is 12.1 Å². The molecule has 3 nitrogen and oxygen atoms in total. The van der Waals surface area contributed by atoms with Gasteiger partial charge in [0, 0.05) is 23.3 Å². The number of rotatable bonds is 2. The van der Waals surface area contributed by atoms with Crippen molar-refractivity contribution in [2.75, 3.05) is 17.2 Å². The molecule has 0 radical (unpaired) electrons. The summed E-state index contributed by atoms with van der Waals surface area (Å²) in [5.74, 6) is 0.205. The summed E-state index contributed by atoms with van der Waals surface area (Å²) in [6.45, 7) is 3.15. The highest BCUT2D eigenvalue weighted by atomic mass is 16.2. The Morgan fingerprint density at radius 2 is 2.00 bits per heavy atom. The molecule has 2 aliphatic rings. The molecular weight excluding hydrogens is 248 g/mol. The summed E-state index contributed by atoms with van der Waals surface area (Å²) in [7, 11) is 0. The van der Waals surface area contributed by atoms with Gasteiger partial charge in [-0.25, -0.2) is 0 Å². The third-order valence-electron chi connectivity index (χ3n) is 4.85. The van der Waals surface area contributed by atoms with Crippen LogP contribution in [0.3, 0.4) is 0 Å². The molecule has 108 valence electrons. The molecule has 0 atom stereocenters. The molecule has 20 heavy (non-hydrogen) atoms. The van der Waals surface area contributed by atoms with E-state index in [-0.39, 0.29) is 11.3 Å². The van der Waals surface area contributed by atoms with Gasteiger partial charge >= 0.3 is 0 Å². The Labute approximate surface area is 121 Å². The lowest BCUT2D eigenvalue weighted by atomic mass is 9.75. The van der Waals surface area contributed by atoms with E-state index in [1.165, 1.54) is 30.5 Å². The van der Waals surface area contributed by atoms with E-state index < -0.39 is 0 Å². The number of anilines is 2. The zero-order chi connectivity index (χ0) is 14.0. The maximum atomic E-state index is 12.6. The molecule has 0 unspecified atom stereocenters. The Morgan fingerprint density at radius 3 is 2.80 bits per heavy atom. The fraction of sp³-hybridized carbons (Fsp3) is 0.588. The Balaban J connectivity index is 1.79. The van der Waals surface area contributed by atoms with Crippen molar-refractivity contribution in [2.24, 2.45) is 5.41 Å². The summed E-state index contributed by atoms with van der Waals surface area (Å²) in [6, 6.07) is 6.17. The van der Waals surface area contributed by atoms with Gasteiger partial charge in [0.2, 0.25) is 5.91 Å². The van der Waals surface area contributed by atoms with Crippen molar-refractivity contribution in [3.05, 3.63) is 23.8 Å². The van der Waals surface area contributed by atoms with Crippen LogP contribution in [0.4, 0.5) is 11.4 Å². The molecule has 0 bridgehead atoms. The summed E-state index contributed by atoms with van der Waals surface area (Å²) in [5.41, 5.74) is 3.28. The van der Waals surface area contributed by atoms with E-state index in [4.69, 9.17) is 0 Å². The lowest BCUT2D eigenvalue weighted by Crippen LogP contribution is -2.35. The molecule has 1 amide bonds. The zero-order valence-corrected chi connectivity index (χ0v) is 12.3. The summed E-state index contributed by atoms with van der Waals surface area (Å²) in [5, 5.41) is 6.62. The summed E-state index contributed by atoms with van der Waals surface area (Å²) >= 11 is 0. The maximum absolute atomic E-state index is 12.6. The first kappa shape index (κ1) is 13.5. The maximum Gasteiger partial charge on any atom is 0.230 e. The summed E-state index contributed by atoms with van der Waals surface area (Å²) in [4.78, 5) is 12.6. The van der Waals surface area contributed by atoms with Crippen LogP contribution in [0.2, 0.25) is 0 Å². The Hall–Kier alpha value is -1.51. The highest BCUT2D eigenvalue weighted by Gasteiger charge is 2.34. The Morgan fingerprint density at radius 1 is 1.20 bits per heavy atom. The molecule has 0 spiro atoms. The number of amides is 1. The molecule has 0 aromatic heterocycles. The predicted molar refractivity (Wildman–Crippen MR) is 83.1 cm³/mol. The van der Waals surface area contributed by atoms with Gasteiger partial charge in [0.15, 0.2) is 0 Å². The van der Waals surface area contributed by atoms with Gasteiger partial charge < -0.3 is 10.6 Å². The van der Waals surface area contributed by atoms with Crippen LogP contribution in [0.1, 0.15) is 51.0 Å². The highest BCUT2D eigenvalue weighted by Crippen LogP contribution is 2.37. The molecule has 1 heterocycles. The van der Waals surface area contributed by atoms with Crippen molar-refractivity contribution >= 4 is 17.3 Å². The molecule has 1 fully saturated rings. The lowest BCUT2D eigenvalue weighted by molar-refractivity contribution is -0.126. The van der Waals surface area contributed by atoms with Crippen molar-refractivity contribution in [1.29, 1.82) is 0 Å². The van der Waals surface area contributed by atoms with Crippen molar-refractivity contribution in [2.45, 2.75) is 51.9 Å². The third kappa shape index (κ3) is 2.54. The van der Waals surface area contributed by atoms with Gasteiger partial charge in [0.1, 0.15) is 0 Å². The van der Waals surface area contributed by atoms with Crippen LogP contribution in [-0.2, 0) is 11.2 Å². The van der Waals surface area contributed by atoms with E-state index in [0.717, 1.165) is 37.9 Å². The van der Waals surface area contributed by atoms with Gasteiger partial charge in [-0.15, -0.1) is 0 Å². The largest absolute Gasteiger partial charge is 0.385 e. The van der Waals surface area contributed by atoms with Gasteiger partial charge in [-0.3, -0.25) is 4.79 Å². The summed E-state index contributed by atoms with van der Waals surface area (Å²) < 4.78 is 0. The fourth-order valence-electron chi connectivity index (χ4n) is 3.46. The number of nitrogens with one attached hydrogen (secondary N) is 2. The van der Waals surface area contributed by atoms with Gasteiger partial charge in [-0.05, 0) is 43.4 Å². The Bertz CT molecular complexity index is 504. The minimum Gasteiger partial charge on any atom is -0.385 e. The SMILES string of the molecule is CC1(C(=O)Nc2cccc3c2CCCN3)CCCCC1. The van der Waals surface area contributed by atoms with Gasteiger partial charge in [-0.2, -0.15) is 0 Å². The molecule has 1 aliphatic heterocycles. The Kier molecular flexibility index (Phi) is 3.68. The van der Waals surface area contributed by atoms with Gasteiger partial charge in [-0.1, -0.05) is 32.3 Å². The number of hydrogen-bond acceptors (Lipinski definition) is 2. The van der Waals surface area contributed by atoms with E-state index in [0.29, 0.717) is 0 Å². The third-order valence-corrected chi connectivity index (χ3v) is 4.85. The number of carbonyl (C=O) groups excluding carboxylic acids is 1. The topological polar surface area (TPSA) is 41.1 Å². The molecule has 1 aromatic carbocycles. The van der Waals surface area contributed by atoms with Crippen molar-refractivity contribution in [3.8, 4) is 0 Å². The second kappa shape index (κ2) is 5.47. The van der Waals surface area contributed by atoms with Crippen molar-refractivity contribution in [3.63, 3.8) is 0 Å². The van der Waals surface area contributed by atoms with Crippen molar-refractivity contribution < 1.29 is 4.79 Å². The van der Waals surface area contributed by atoms with E-state index in [2.05, 4.69) is 23.6 Å². The highest BCUT2D eigenvalue weighted by molar-refractivity contribution is 5.96. The lowest BCUT2D eigenvalue weighted by Gasteiger charge is -2.32. The molecule has 0 saturated heterocycles. The van der Waals surface area contributed by atoms with Crippen LogP contribution in [0.5, 0.6) is 0 Å². The van der Waals surface area contributed by atoms with Crippen LogP contribution in [0, 0.1) is 5.41 Å². The predicted octanol–water partition coefficient (Wildman–Crippen LogP) is 3.95. The number of benzene rings is 1. The van der Waals surface area contributed by atoms with Crippen LogP contribution in [0.15, 0.2) is 18.2 Å². The van der Waals surface area contributed by atoms with Crippen LogP contribution in [0.25, 0.3) is 0 Å². The van der Waals surface area contributed by atoms with Crippen LogP contribution >= 0.6 is 0 Å². The molecule has 1 aliphatic carbocycles. The fourth-order valence-corrected chi connectivity index (χ4v) is 3.46. The summed E-state index contributed by atoms with van der Waals surface area (Å²) in [6.07, 6.45) is 7.86. The van der Waals surface area contributed by atoms with E-state index in [9.17, 15) is 4.79 Å². The molecule has 1 aromatic rings. The second-order valence-electron chi connectivity index (χ2n) is 6.44. The van der Waals surface area contributed by atoms with E-state index in [1.54, 1.807) is 0 Å². The smallest absolute Gasteiger partial charge is 0.230 e. The first-order valence-electron chi connectivity index (χ1n) is 7.86. The van der Waals surface area contributed by atoms with Gasteiger partial charge in [0.25, 0.3) is 0 Å². The molecule has 1 saturated carbocycles. The number of carbonyl (C=O) groups is 1. The van der Waals surface area contributed by atoms with E-state index >= 15 is 0 Å². The standard InChI is InChI=1S/C17H24N2O/c1-17(10-3-2-4-11-17)16(20)19-15-9-5-8-14-13(15)7-6-12-18-14/h5,8-9,18H,2-4,6-7,10-12H2,1H3,(H,19,20). The molecule has 3 rings (SSSR count). The minimum absolute atomic E-state index is 0.178. The van der Waals surface area contributed by atoms with Crippen LogP contribution < -0.4 is 10.6 Å². The molecule has 2 N–H and O–H groups in total. The minimum atomic E-state index is -0.178. The molecule has 3 heteroatoms. The molecular formula is C17H24N2O. The average Bonchev–Trinajstić information content (AvgIpc) is 2.48.